The molecule has 0 aliphatic heterocycles. The van der Waals surface area contributed by atoms with Gasteiger partial charge in [0.2, 0.25) is 5.82 Å². The van der Waals surface area contributed by atoms with Gasteiger partial charge in [-0.1, -0.05) is 11.2 Å². The molecule has 2 aromatic carbocycles. The lowest BCUT2D eigenvalue weighted by Crippen LogP contribution is -1.93. The summed E-state index contributed by atoms with van der Waals surface area (Å²) in [6.07, 6.45) is 0. The van der Waals surface area contributed by atoms with Crippen LogP contribution in [0.3, 0.4) is 0 Å². The fourth-order valence-electron chi connectivity index (χ4n) is 2.25. The first-order valence-corrected chi connectivity index (χ1v) is 6.96. The Morgan fingerprint density at radius 2 is 1.65 bits per heavy atom. The standard InChI is InChI=1S/C17H16N2O4/c1-20-12-9-7-11(8-10-12)16-18-17(23-19-16)13-5-4-6-14(21-2)15(13)22-3/h4-10H,1-3H3. The van der Waals surface area contributed by atoms with Crippen LogP contribution in [0.5, 0.6) is 17.2 Å². The van der Waals surface area contributed by atoms with Gasteiger partial charge >= 0.3 is 0 Å². The van der Waals surface area contributed by atoms with Crippen molar-refractivity contribution in [1.29, 1.82) is 0 Å². The van der Waals surface area contributed by atoms with E-state index in [0.717, 1.165) is 11.3 Å². The highest BCUT2D eigenvalue weighted by Gasteiger charge is 2.17. The number of hydrogen-bond donors (Lipinski definition) is 0. The van der Waals surface area contributed by atoms with E-state index in [1.54, 1.807) is 21.3 Å². The van der Waals surface area contributed by atoms with Gasteiger partial charge < -0.3 is 18.7 Å². The lowest BCUT2D eigenvalue weighted by atomic mass is 10.1. The zero-order chi connectivity index (χ0) is 16.2. The van der Waals surface area contributed by atoms with Crippen LogP contribution in [0.2, 0.25) is 0 Å². The van der Waals surface area contributed by atoms with Gasteiger partial charge in [0.25, 0.3) is 5.89 Å². The van der Waals surface area contributed by atoms with Crippen molar-refractivity contribution in [1.82, 2.24) is 10.1 Å². The van der Waals surface area contributed by atoms with E-state index < -0.39 is 0 Å². The summed E-state index contributed by atoms with van der Waals surface area (Å²) < 4.78 is 21.2. The third-order valence-corrected chi connectivity index (χ3v) is 3.41. The fourth-order valence-corrected chi connectivity index (χ4v) is 2.25. The number of ether oxygens (including phenoxy) is 3. The summed E-state index contributed by atoms with van der Waals surface area (Å²) in [6, 6.07) is 12.9. The minimum atomic E-state index is 0.367. The third-order valence-electron chi connectivity index (χ3n) is 3.41. The molecule has 0 saturated heterocycles. The highest BCUT2D eigenvalue weighted by Crippen LogP contribution is 2.37. The average molecular weight is 312 g/mol. The van der Waals surface area contributed by atoms with Crippen molar-refractivity contribution in [2.45, 2.75) is 0 Å². The molecule has 0 atom stereocenters. The maximum atomic E-state index is 5.40. The average Bonchev–Trinajstić information content (AvgIpc) is 3.10. The van der Waals surface area contributed by atoms with Crippen LogP contribution in [0, 0.1) is 0 Å². The SMILES string of the molecule is COc1ccc(-c2noc(-c3cccc(OC)c3OC)n2)cc1. The highest BCUT2D eigenvalue weighted by molar-refractivity contribution is 5.69. The fraction of sp³-hybridized carbons (Fsp3) is 0.176. The summed E-state index contributed by atoms with van der Waals surface area (Å²) in [5.41, 5.74) is 1.52. The van der Waals surface area contributed by atoms with Crippen LogP contribution in [0.15, 0.2) is 47.0 Å². The van der Waals surface area contributed by atoms with Gasteiger partial charge in [-0.25, -0.2) is 0 Å². The second-order valence-corrected chi connectivity index (χ2v) is 4.69. The molecule has 118 valence electrons. The zero-order valence-corrected chi connectivity index (χ0v) is 13.1. The van der Waals surface area contributed by atoms with Crippen LogP contribution in [-0.2, 0) is 0 Å². The number of aromatic nitrogens is 2. The minimum absolute atomic E-state index is 0.367. The van der Waals surface area contributed by atoms with Crippen molar-refractivity contribution in [2.75, 3.05) is 21.3 Å². The molecule has 0 aliphatic rings. The number of hydrogen-bond acceptors (Lipinski definition) is 6. The molecule has 0 bridgehead atoms. The maximum Gasteiger partial charge on any atom is 0.262 e. The minimum Gasteiger partial charge on any atom is -0.497 e. The van der Waals surface area contributed by atoms with E-state index in [1.807, 2.05) is 42.5 Å². The van der Waals surface area contributed by atoms with Crippen molar-refractivity contribution in [3.05, 3.63) is 42.5 Å². The molecule has 1 heterocycles. The first-order chi connectivity index (χ1) is 11.3. The Kier molecular flexibility index (Phi) is 4.14. The number of methoxy groups -OCH3 is 3. The molecule has 3 rings (SSSR count). The van der Waals surface area contributed by atoms with Gasteiger partial charge in [-0.15, -0.1) is 0 Å². The summed E-state index contributed by atoms with van der Waals surface area (Å²) in [4.78, 5) is 4.44. The lowest BCUT2D eigenvalue weighted by molar-refractivity contribution is 0.353. The Balaban J connectivity index is 1.98. The number of nitrogens with zero attached hydrogens (tertiary/aromatic N) is 2. The highest BCUT2D eigenvalue weighted by atomic mass is 16.5. The number of benzene rings is 2. The Hall–Kier alpha value is -3.02. The molecule has 6 heteroatoms. The molecule has 23 heavy (non-hydrogen) atoms. The summed E-state index contributed by atoms with van der Waals surface area (Å²) in [6.45, 7) is 0. The summed E-state index contributed by atoms with van der Waals surface area (Å²) in [5.74, 6) is 2.79. The van der Waals surface area contributed by atoms with Gasteiger partial charge in [0.05, 0.1) is 26.9 Å². The van der Waals surface area contributed by atoms with E-state index in [4.69, 9.17) is 18.7 Å². The van der Waals surface area contributed by atoms with Gasteiger partial charge in [0.15, 0.2) is 11.5 Å². The van der Waals surface area contributed by atoms with Crippen LogP contribution in [-0.4, -0.2) is 31.5 Å². The van der Waals surface area contributed by atoms with Crippen molar-refractivity contribution in [3.63, 3.8) is 0 Å². The number of para-hydroxylation sites is 1. The molecule has 0 amide bonds. The quantitative estimate of drug-likeness (QED) is 0.719. The van der Waals surface area contributed by atoms with Gasteiger partial charge in [-0.3, -0.25) is 0 Å². The second-order valence-electron chi connectivity index (χ2n) is 4.69. The molecule has 0 spiro atoms. The van der Waals surface area contributed by atoms with Crippen LogP contribution < -0.4 is 14.2 Å². The molecule has 0 fully saturated rings. The summed E-state index contributed by atoms with van der Waals surface area (Å²) >= 11 is 0. The Morgan fingerprint density at radius 3 is 2.30 bits per heavy atom. The van der Waals surface area contributed by atoms with E-state index in [2.05, 4.69) is 10.1 Å². The lowest BCUT2D eigenvalue weighted by Gasteiger charge is -2.09. The van der Waals surface area contributed by atoms with Crippen LogP contribution in [0.4, 0.5) is 0 Å². The van der Waals surface area contributed by atoms with Crippen LogP contribution in [0.25, 0.3) is 22.8 Å². The molecular weight excluding hydrogens is 296 g/mol. The first-order valence-electron chi connectivity index (χ1n) is 6.96. The maximum absolute atomic E-state index is 5.40. The Labute approximate surface area is 133 Å². The predicted molar refractivity (Wildman–Crippen MR) is 84.8 cm³/mol. The van der Waals surface area contributed by atoms with Gasteiger partial charge in [-0.05, 0) is 36.4 Å². The monoisotopic (exact) mass is 312 g/mol. The Morgan fingerprint density at radius 1 is 0.870 bits per heavy atom. The van der Waals surface area contributed by atoms with Crippen molar-refractivity contribution in [3.8, 4) is 40.1 Å². The summed E-state index contributed by atoms with van der Waals surface area (Å²) in [7, 11) is 4.77. The van der Waals surface area contributed by atoms with Gasteiger partial charge in [0.1, 0.15) is 5.75 Å². The second kappa shape index (κ2) is 6.39. The normalized spacial score (nSPS) is 10.4. The van der Waals surface area contributed by atoms with Gasteiger partial charge in [-0.2, -0.15) is 4.98 Å². The zero-order valence-electron chi connectivity index (χ0n) is 13.1. The first kappa shape index (κ1) is 14.9. The Bertz CT molecular complexity index is 797. The molecule has 0 radical (unpaired) electrons. The molecule has 3 aromatic rings. The molecule has 1 aromatic heterocycles. The smallest absolute Gasteiger partial charge is 0.262 e. The van der Waals surface area contributed by atoms with E-state index >= 15 is 0 Å². The summed E-state index contributed by atoms with van der Waals surface area (Å²) in [5, 5.41) is 4.03. The largest absolute Gasteiger partial charge is 0.497 e. The van der Waals surface area contributed by atoms with E-state index in [9.17, 15) is 0 Å². The third kappa shape index (κ3) is 2.83. The van der Waals surface area contributed by atoms with E-state index in [-0.39, 0.29) is 0 Å². The molecule has 0 aliphatic carbocycles. The molecule has 6 nitrogen and oxygen atoms in total. The predicted octanol–water partition coefficient (Wildman–Crippen LogP) is 3.43. The van der Waals surface area contributed by atoms with Crippen molar-refractivity contribution in [2.24, 2.45) is 0 Å². The van der Waals surface area contributed by atoms with Crippen molar-refractivity contribution < 1.29 is 18.7 Å². The van der Waals surface area contributed by atoms with E-state index in [1.165, 1.54) is 0 Å². The van der Waals surface area contributed by atoms with E-state index in [0.29, 0.717) is 28.8 Å². The molecular formula is C17H16N2O4. The molecule has 0 unspecified atom stereocenters. The molecule has 0 N–H and O–H groups in total. The van der Waals surface area contributed by atoms with Crippen molar-refractivity contribution >= 4 is 0 Å². The van der Waals surface area contributed by atoms with Crippen LogP contribution in [0.1, 0.15) is 0 Å². The molecule has 0 saturated carbocycles. The number of rotatable bonds is 5. The topological polar surface area (TPSA) is 66.6 Å². The van der Waals surface area contributed by atoms with Gasteiger partial charge in [0, 0.05) is 5.56 Å². The van der Waals surface area contributed by atoms with Crippen LogP contribution >= 0.6 is 0 Å².